The van der Waals surface area contributed by atoms with Crippen LogP contribution in [0, 0.1) is 0 Å². The predicted octanol–water partition coefficient (Wildman–Crippen LogP) is 1.81. The standard InChI is InChI=1S/C14H22N6O/c1-6-11-10(7-17-20(11)14(3,4)5)13(21)18-9(2)12-15-8-16-19-12/h7-9H,6H2,1-5H3,(H,18,21)(H,15,16,19). The Morgan fingerprint density at radius 2 is 2.19 bits per heavy atom. The van der Waals surface area contributed by atoms with Gasteiger partial charge in [0.2, 0.25) is 0 Å². The van der Waals surface area contributed by atoms with Gasteiger partial charge in [-0.3, -0.25) is 14.6 Å². The molecule has 7 nitrogen and oxygen atoms in total. The SMILES string of the molecule is CCc1c(C(=O)NC(C)c2ncn[nH]2)cnn1C(C)(C)C. The van der Waals surface area contributed by atoms with Crippen LogP contribution in [0.5, 0.6) is 0 Å². The van der Waals surface area contributed by atoms with E-state index in [1.54, 1.807) is 6.20 Å². The second-order valence-electron chi connectivity index (χ2n) is 6.01. The van der Waals surface area contributed by atoms with Gasteiger partial charge in [0.25, 0.3) is 5.91 Å². The first-order chi connectivity index (χ1) is 9.84. The molecule has 0 bridgehead atoms. The molecule has 0 radical (unpaired) electrons. The zero-order valence-corrected chi connectivity index (χ0v) is 13.1. The molecule has 2 rings (SSSR count). The number of nitrogens with one attached hydrogen (secondary N) is 2. The third kappa shape index (κ3) is 3.12. The highest BCUT2D eigenvalue weighted by molar-refractivity contribution is 5.95. The summed E-state index contributed by atoms with van der Waals surface area (Å²) in [5.41, 5.74) is 1.39. The van der Waals surface area contributed by atoms with Crippen LogP contribution >= 0.6 is 0 Å². The zero-order valence-electron chi connectivity index (χ0n) is 13.1. The van der Waals surface area contributed by atoms with Crippen LogP contribution in [0.3, 0.4) is 0 Å². The minimum atomic E-state index is -0.234. The Hall–Kier alpha value is -2.18. The lowest BCUT2D eigenvalue weighted by molar-refractivity contribution is 0.0937. The number of rotatable bonds is 4. The summed E-state index contributed by atoms with van der Waals surface area (Å²) in [5.74, 6) is 0.482. The Bertz CT molecular complexity index is 608. The summed E-state index contributed by atoms with van der Waals surface area (Å²) in [6.45, 7) is 10.1. The van der Waals surface area contributed by atoms with E-state index in [9.17, 15) is 4.79 Å². The summed E-state index contributed by atoms with van der Waals surface area (Å²) in [6.07, 6.45) is 3.80. The molecular formula is C14H22N6O. The van der Waals surface area contributed by atoms with E-state index in [1.165, 1.54) is 6.33 Å². The Labute approximate surface area is 124 Å². The van der Waals surface area contributed by atoms with Crippen LogP contribution < -0.4 is 5.32 Å². The fourth-order valence-electron chi connectivity index (χ4n) is 2.25. The molecule has 0 aliphatic rings. The first kappa shape index (κ1) is 15.2. The fraction of sp³-hybridized carbons (Fsp3) is 0.571. The fourth-order valence-corrected chi connectivity index (χ4v) is 2.25. The molecule has 2 N–H and O–H groups in total. The van der Waals surface area contributed by atoms with Gasteiger partial charge in [-0.1, -0.05) is 6.92 Å². The van der Waals surface area contributed by atoms with E-state index in [-0.39, 0.29) is 17.5 Å². The van der Waals surface area contributed by atoms with Crippen LogP contribution in [-0.4, -0.2) is 30.9 Å². The molecule has 1 unspecified atom stereocenters. The molecule has 21 heavy (non-hydrogen) atoms. The Kier molecular flexibility index (Phi) is 4.11. The second kappa shape index (κ2) is 5.67. The molecule has 1 atom stereocenters. The van der Waals surface area contributed by atoms with Gasteiger partial charge in [0.15, 0.2) is 0 Å². The van der Waals surface area contributed by atoms with Crippen molar-refractivity contribution < 1.29 is 4.79 Å². The van der Waals surface area contributed by atoms with Crippen molar-refractivity contribution in [2.45, 2.75) is 52.6 Å². The number of hydrogen-bond donors (Lipinski definition) is 2. The average Bonchev–Trinajstić information content (AvgIpc) is 3.06. The highest BCUT2D eigenvalue weighted by atomic mass is 16.1. The van der Waals surface area contributed by atoms with Crippen LogP contribution in [-0.2, 0) is 12.0 Å². The number of nitrogens with zero attached hydrogens (tertiary/aromatic N) is 4. The average molecular weight is 290 g/mol. The smallest absolute Gasteiger partial charge is 0.255 e. The Morgan fingerprint density at radius 1 is 1.48 bits per heavy atom. The number of aromatic nitrogens is 5. The largest absolute Gasteiger partial charge is 0.342 e. The number of hydrogen-bond acceptors (Lipinski definition) is 4. The molecule has 2 aromatic heterocycles. The number of carbonyl (C=O) groups is 1. The minimum Gasteiger partial charge on any atom is -0.342 e. The Balaban J connectivity index is 2.22. The van der Waals surface area contributed by atoms with Crippen molar-refractivity contribution in [3.8, 4) is 0 Å². The van der Waals surface area contributed by atoms with Gasteiger partial charge in [-0.2, -0.15) is 10.2 Å². The Morgan fingerprint density at radius 3 is 2.71 bits per heavy atom. The van der Waals surface area contributed by atoms with Crippen molar-refractivity contribution >= 4 is 5.91 Å². The maximum atomic E-state index is 12.4. The van der Waals surface area contributed by atoms with Gasteiger partial charge in [0, 0.05) is 0 Å². The summed E-state index contributed by atoms with van der Waals surface area (Å²) in [4.78, 5) is 16.5. The summed E-state index contributed by atoms with van der Waals surface area (Å²) in [5, 5.41) is 13.8. The summed E-state index contributed by atoms with van der Waals surface area (Å²) < 4.78 is 1.90. The second-order valence-corrected chi connectivity index (χ2v) is 6.01. The van der Waals surface area contributed by atoms with Crippen molar-refractivity contribution in [2.24, 2.45) is 0 Å². The van der Waals surface area contributed by atoms with Crippen LogP contribution in [0.25, 0.3) is 0 Å². The number of H-pyrrole nitrogens is 1. The van der Waals surface area contributed by atoms with Gasteiger partial charge in [-0.25, -0.2) is 4.98 Å². The highest BCUT2D eigenvalue weighted by Crippen LogP contribution is 2.20. The third-order valence-corrected chi connectivity index (χ3v) is 3.28. The first-order valence-electron chi connectivity index (χ1n) is 7.08. The van der Waals surface area contributed by atoms with Crippen molar-refractivity contribution in [2.75, 3.05) is 0 Å². The lowest BCUT2D eigenvalue weighted by Crippen LogP contribution is -2.29. The van der Waals surface area contributed by atoms with E-state index >= 15 is 0 Å². The van der Waals surface area contributed by atoms with Gasteiger partial charge >= 0.3 is 0 Å². The molecule has 7 heteroatoms. The van der Waals surface area contributed by atoms with E-state index in [0.717, 1.165) is 12.1 Å². The van der Waals surface area contributed by atoms with Crippen LogP contribution in [0.1, 0.15) is 62.5 Å². The molecule has 0 aliphatic carbocycles. The van der Waals surface area contributed by atoms with Gasteiger partial charge in [-0.05, 0) is 34.1 Å². The number of amides is 1. The van der Waals surface area contributed by atoms with Crippen LogP contribution in [0.15, 0.2) is 12.5 Å². The molecule has 2 aromatic rings. The molecular weight excluding hydrogens is 268 g/mol. The molecule has 2 heterocycles. The van der Waals surface area contributed by atoms with Crippen molar-refractivity contribution in [3.63, 3.8) is 0 Å². The first-order valence-corrected chi connectivity index (χ1v) is 7.08. The van der Waals surface area contributed by atoms with E-state index in [2.05, 4.69) is 46.4 Å². The number of aromatic amines is 1. The third-order valence-electron chi connectivity index (χ3n) is 3.28. The van der Waals surface area contributed by atoms with Crippen LogP contribution in [0.2, 0.25) is 0 Å². The van der Waals surface area contributed by atoms with Gasteiger partial charge in [0.05, 0.1) is 29.0 Å². The molecule has 1 amide bonds. The molecule has 0 aromatic carbocycles. The topological polar surface area (TPSA) is 88.5 Å². The highest BCUT2D eigenvalue weighted by Gasteiger charge is 2.24. The van der Waals surface area contributed by atoms with E-state index in [1.807, 2.05) is 18.5 Å². The normalized spacial score (nSPS) is 13.2. The van der Waals surface area contributed by atoms with E-state index < -0.39 is 0 Å². The molecule has 114 valence electrons. The predicted molar refractivity (Wildman–Crippen MR) is 78.9 cm³/mol. The zero-order chi connectivity index (χ0) is 15.6. The lowest BCUT2D eigenvalue weighted by atomic mass is 10.1. The maximum Gasteiger partial charge on any atom is 0.255 e. The molecule has 0 fully saturated rings. The molecule has 0 saturated carbocycles. The van der Waals surface area contributed by atoms with Gasteiger partial charge in [-0.15, -0.1) is 0 Å². The summed E-state index contributed by atoms with van der Waals surface area (Å²) in [6, 6.07) is -0.234. The van der Waals surface area contributed by atoms with Gasteiger partial charge < -0.3 is 5.32 Å². The monoisotopic (exact) mass is 290 g/mol. The van der Waals surface area contributed by atoms with Crippen LogP contribution in [0.4, 0.5) is 0 Å². The summed E-state index contributed by atoms with van der Waals surface area (Å²) >= 11 is 0. The molecule has 0 aliphatic heterocycles. The minimum absolute atomic E-state index is 0.147. The maximum absolute atomic E-state index is 12.4. The quantitative estimate of drug-likeness (QED) is 0.898. The van der Waals surface area contributed by atoms with E-state index in [0.29, 0.717) is 11.4 Å². The lowest BCUT2D eigenvalue weighted by Gasteiger charge is -2.22. The molecule has 0 spiro atoms. The van der Waals surface area contributed by atoms with Gasteiger partial charge in [0.1, 0.15) is 12.2 Å². The summed E-state index contributed by atoms with van der Waals surface area (Å²) in [7, 11) is 0. The van der Waals surface area contributed by atoms with E-state index in [4.69, 9.17) is 0 Å². The van der Waals surface area contributed by atoms with Crippen molar-refractivity contribution in [1.29, 1.82) is 0 Å². The van der Waals surface area contributed by atoms with Crippen molar-refractivity contribution in [1.82, 2.24) is 30.3 Å². The van der Waals surface area contributed by atoms with Crippen molar-refractivity contribution in [3.05, 3.63) is 29.6 Å². The number of carbonyl (C=O) groups excluding carboxylic acids is 1. The molecule has 0 saturated heterocycles.